The largest absolute Gasteiger partial charge is 0.103 e. The molecule has 9 atom stereocenters. The van der Waals surface area contributed by atoms with Gasteiger partial charge >= 0.3 is 0 Å². The van der Waals surface area contributed by atoms with Gasteiger partial charge in [0.1, 0.15) is 0 Å². The quantitative estimate of drug-likeness (QED) is 0.252. The topological polar surface area (TPSA) is 0 Å². The van der Waals surface area contributed by atoms with Gasteiger partial charge in [0.25, 0.3) is 0 Å². The van der Waals surface area contributed by atoms with Crippen LogP contribution in [0, 0.1) is 86.8 Å². The molecule has 0 aromatic carbocycles. The Balaban J connectivity index is 1.46. The lowest BCUT2D eigenvalue weighted by Gasteiger charge is -2.39. The van der Waals surface area contributed by atoms with Gasteiger partial charge in [-0.1, -0.05) is 162 Å². The van der Waals surface area contributed by atoms with Gasteiger partial charge < -0.3 is 0 Å². The minimum atomic E-state index is 0.162. The van der Waals surface area contributed by atoms with Gasteiger partial charge in [0.05, 0.1) is 0 Å². The maximum Gasteiger partial charge on any atom is -0.00953 e. The molecule has 0 saturated heterocycles. The summed E-state index contributed by atoms with van der Waals surface area (Å²) in [5, 5.41) is 0. The lowest BCUT2D eigenvalue weighted by molar-refractivity contribution is 0.168. The maximum absolute atomic E-state index is 4.26. The van der Waals surface area contributed by atoms with E-state index in [0.717, 1.165) is 6.42 Å². The summed E-state index contributed by atoms with van der Waals surface area (Å²) in [4.78, 5) is 0. The smallest absolute Gasteiger partial charge is 0.00953 e. The fourth-order valence-corrected chi connectivity index (χ4v) is 10.6. The Labute approximate surface area is 296 Å². The van der Waals surface area contributed by atoms with Crippen molar-refractivity contribution in [3.63, 3.8) is 0 Å². The second kappa shape index (κ2) is 12.5. The van der Waals surface area contributed by atoms with E-state index in [0.29, 0.717) is 65.1 Å². The van der Waals surface area contributed by atoms with Crippen LogP contribution < -0.4 is 0 Å². The number of hydrogen-bond acceptors (Lipinski definition) is 0. The first-order chi connectivity index (χ1) is 22.3. The van der Waals surface area contributed by atoms with Crippen LogP contribution in [0.5, 0.6) is 0 Å². The molecule has 6 rings (SSSR count). The molecule has 2 fully saturated rings. The van der Waals surface area contributed by atoms with Gasteiger partial charge in [0.2, 0.25) is 0 Å². The molecule has 9 unspecified atom stereocenters. The number of fused-ring (bicyclic) bond motifs is 6. The van der Waals surface area contributed by atoms with E-state index in [1.54, 1.807) is 0 Å². The molecule has 260 valence electrons. The molecule has 0 heterocycles. The van der Waals surface area contributed by atoms with Crippen molar-refractivity contribution in [1.29, 1.82) is 0 Å². The molecule has 6 aliphatic carbocycles. The summed E-state index contributed by atoms with van der Waals surface area (Å²) >= 11 is 0. The molecule has 0 nitrogen and oxygen atoms in total. The number of allylic oxidation sites excluding steroid dienone is 17. The Morgan fingerprint density at radius 2 is 0.812 bits per heavy atom. The summed E-state index contributed by atoms with van der Waals surface area (Å²) in [6.07, 6.45) is 37.3. The normalized spacial score (nSPS) is 36.3. The van der Waals surface area contributed by atoms with Crippen molar-refractivity contribution < 1.29 is 0 Å². The minimum Gasteiger partial charge on any atom is -0.103 e. The van der Waals surface area contributed by atoms with Crippen LogP contribution in [0.2, 0.25) is 0 Å². The van der Waals surface area contributed by atoms with E-state index in [-0.39, 0.29) is 21.7 Å². The molecule has 0 aromatic rings. The summed E-state index contributed by atoms with van der Waals surface area (Å²) in [6, 6.07) is 0. The number of hydrogen-bond donors (Lipinski definition) is 0. The van der Waals surface area contributed by atoms with Crippen LogP contribution in [0.15, 0.2) is 108 Å². The zero-order valence-electron chi connectivity index (χ0n) is 32.7. The van der Waals surface area contributed by atoms with Gasteiger partial charge in [0, 0.05) is 0 Å². The van der Waals surface area contributed by atoms with Gasteiger partial charge in [-0.3, -0.25) is 0 Å². The summed E-state index contributed by atoms with van der Waals surface area (Å²) in [5.74, 6) is 6.66. The Kier molecular flexibility index (Phi) is 9.21. The first kappa shape index (κ1) is 35.5. The van der Waals surface area contributed by atoms with Crippen molar-refractivity contribution >= 4 is 0 Å². The van der Waals surface area contributed by atoms with Gasteiger partial charge in [-0.25, -0.2) is 0 Å². The van der Waals surface area contributed by atoms with Crippen LogP contribution in [0.25, 0.3) is 0 Å². The van der Waals surface area contributed by atoms with Crippen LogP contribution in [0.3, 0.4) is 0 Å². The molecule has 0 spiro atoms. The number of rotatable bonds is 6. The lowest BCUT2D eigenvalue weighted by Crippen LogP contribution is -2.31. The molecular formula is C48H68. The van der Waals surface area contributed by atoms with Crippen LogP contribution in [0.1, 0.15) is 102 Å². The molecule has 0 heteroatoms. The minimum absolute atomic E-state index is 0.162. The predicted molar refractivity (Wildman–Crippen MR) is 209 cm³/mol. The molecule has 6 aliphatic rings. The summed E-state index contributed by atoms with van der Waals surface area (Å²) in [6.45, 7) is 33.1. The van der Waals surface area contributed by atoms with E-state index < -0.39 is 0 Å². The second-order valence-electron chi connectivity index (χ2n) is 20.6. The average molecular weight is 645 g/mol. The van der Waals surface area contributed by atoms with Crippen molar-refractivity contribution in [1.82, 2.24) is 0 Å². The third kappa shape index (κ3) is 6.61. The van der Waals surface area contributed by atoms with Crippen molar-refractivity contribution in [3.8, 4) is 0 Å². The van der Waals surface area contributed by atoms with Crippen molar-refractivity contribution in [2.75, 3.05) is 0 Å². The highest BCUT2D eigenvalue weighted by molar-refractivity contribution is 5.41. The molecule has 0 amide bonds. The Morgan fingerprint density at radius 3 is 1.12 bits per heavy atom. The molecule has 48 heavy (non-hydrogen) atoms. The van der Waals surface area contributed by atoms with Crippen molar-refractivity contribution in [2.45, 2.75) is 102 Å². The van der Waals surface area contributed by atoms with E-state index in [9.17, 15) is 0 Å². The monoisotopic (exact) mass is 645 g/mol. The third-order valence-electron chi connectivity index (χ3n) is 13.3. The van der Waals surface area contributed by atoms with E-state index >= 15 is 0 Å². The molecule has 0 bridgehead atoms. The van der Waals surface area contributed by atoms with Crippen LogP contribution in [-0.4, -0.2) is 0 Å². The first-order valence-electron chi connectivity index (χ1n) is 19.5. The molecule has 0 N–H and O–H groups in total. The third-order valence-corrected chi connectivity index (χ3v) is 13.3. The highest BCUT2D eigenvalue weighted by Crippen LogP contribution is 2.61. The highest BCUT2D eigenvalue weighted by Gasteiger charge is 2.54. The van der Waals surface area contributed by atoms with Gasteiger partial charge in [-0.15, -0.1) is 6.58 Å². The summed E-state index contributed by atoms with van der Waals surface area (Å²) in [7, 11) is 0. The first-order valence-corrected chi connectivity index (χ1v) is 19.5. The maximum atomic E-state index is 4.26. The van der Waals surface area contributed by atoms with E-state index in [2.05, 4.69) is 169 Å². The van der Waals surface area contributed by atoms with Crippen molar-refractivity contribution in [2.24, 2.45) is 86.8 Å². The molecule has 0 aliphatic heterocycles. The Hall–Kier alpha value is -2.34. The van der Waals surface area contributed by atoms with E-state index in [1.807, 2.05) is 0 Å². The highest BCUT2D eigenvalue weighted by atomic mass is 14.6. The second-order valence-corrected chi connectivity index (χ2v) is 20.6. The fourth-order valence-electron chi connectivity index (χ4n) is 10.6. The summed E-state index contributed by atoms with van der Waals surface area (Å²) < 4.78 is 0. The Bertz CT molecular complexity index is 1390. The fraction of sp³-hybridized carbons (Fsp3) is 0.625. The predicted octanol–water partition coefficient (Wildman–Crippen LogP) is 13.3. The zero-order chi connectivity index (χ0) is 35.0. The summed E-state index contributed by atoms with van der Waals surface area (Å²) in [5.41, 5.74) is 6.79. The SMILES string of the molecule is C=CCCC(CC1C2C=C(C(C)(C)C)C=CC2C2C=CC(C(C)(C)C)=CC21)C1C2C=C(C(C)(C)C)C=CC2C2C=CC(C(C)(C)C)=CC21. The van der Waals surface area contributed by atoms with Gasteiger partial charge in [-0.05, 0) is 128 Å². The lowest BCUT2D eigenvalue weighted by atomic mass is 9.65. The standard InChI is InChI=1S/C48H68/c1-14-15-16-30(44-42-28-33(47(8,9)10)19-23-37(42)38-24-20-34(29-43(38)44)48(11,12)13)25-39-40-26-31(45(2,3)4)17-21-35(40)36-22-18-32(27-41(36)39)46(5,6)7/h14,17-24,26-30,35-44H,1,15-16,25H2,2-13H3. The van der Waals surface area contributed by atoms with Crippen LogP contribution in [-0.2, 0) is 0 Å². The molecule has 0 radical (unpaired) electrons. The average Bonchev–Trinajstić information content (AvgIpc) is 3.48. The van der Waals surface area contributed by atoms with Crippen LogP contribution in [0.4, 0.5) is 0 Å². The van der Waals surface area contributed by atoms with Crippen LogP contribution >= 0.6 is 0 Å². The Morgan fingerprint density at radius 1 is 0.500 bits per heavy atom. The molecule has 2 saturated carbocycles. The molecule has 0 aromatic heterocycles. The zero-order valence-corrected chi connectivity index (χ0v) is 32.7. The van der Waals surface area contributed by atoms with Crippen molar-refractivity contribution in [3.05, 3.63) is 108 Å². The molecular weight excluding hydrogens is 577 g/mol. The van der Waals surface area contributed by atoms with Gasteiger partial charge in [-0.2, -0.15) is 0 Å². The van der Waals surface area contributed by atoms with E-state index in [1.165, 1.54) is 35.1 Å². The van der Waals surface area contributed by atoms with E-state index in [4.69, 9.17) is 0 Å². The van der Waals surface area contributed by atoms with Gasteiger partial charge in [0.15, 0.2) is 0 Å².